The molecule has 2 N–H and O–H groups in total. The van der Waals surface area contributed by atoms with E-state index >= 15 is 0 Å². The van der Waals surface area contributed by atoms with Crippen LogP contribution in [-0.2, 0) is 13.6 Å². The van der Waals surface area contributed by atoms with E-state index in [0.29, 0.717) is 6.54 Å². The van der Waals surface area contributed by atoms with E-state index < -0.39 is 0 Å². The van der Waals surface area contributed by atoms with Crippen LogP contribution in [0.5, 0.6) is 0 Å². The second-order valence-electron chi connectivity index (χ2n) is 6.45. The number of aryl methyl sites for hydroxylation is 1. The molecule has 4 aromatic rings. The number of aromatic nitrogens is 4. The summed E-state index contributed by atoms with van der Waals surface area (Å²) in [5.41, 5.74) is 5.52. The van der Waals surface area contributed by atoms with Crippen LogP contribution in [0.1, 0.15) is 11.3 Å². The topological polar surface area (TPSA) is 88.0 Å². The van der Waals surface area contributed by atoms with Crippen molar-refractivity contribution in [1.29, 1.82) is 0 Å². The van der Waals surface area contributed by atoms with Gasteiger partial charge in [0.15, 0.2) is 5.84 Å². The zero-order chi connectivity index (χ0) is 18.4. The van der Waals surface area contributed by atoms with Crippen LogP contribution in [0.4, 0.5) is 5.69 Å². The van der Waals surface area contributed by atoms with Gasteiger partial charge in [-0.1, -0.05) is 6.07 Å². The molecule has 0 amide bonds. The lowest BCUT2D eigenvalue weighted by Crippen LogP contribution is -2.13. The number of H-pyrrole nitrogens is 1. The molecule has 0 spiro atoms. The van der Waals surface area contributed by atoms with Gasteiger partial charge in [-0.05, 0) is 30.3 Å². The number of hydrogen-bond acceptors (Lipinski definition) is 5. The molecule has 5 rings (SSSR count). The Morgan fingerprint density at radius 2 is 2.07 bits per heavy atom. The van der Waals surface area contributed by atoms with Crippen molar-refractivity contribution in [2.45, 2.75) is 6.54 Å². The average Bonchev–Trinajstić information content (AvgIpc) is 3.24. The number of aromatic amines is 1. The van der Waals surface area contributed by atoms with Gasteiger partial charge in [0.2, 0.25) is 5.56 Å². The van der Waals surface area contributed by atoms with Crippen LogP contribution < -0.4 is 10.9 Å². The number of aliphatic imine (C=N–C) groups is 1. The quantitative estimate of drug-likeness (QED) is 0.578. The summed E-state index contributed by atoms with van der Waals surface area (Å²) in [6.07, 6.45) is 3.47. The minimum absolute atomic E-state index is 0.128. The summed E-state index contributed by atoms with van der Waals surface area (Å²) in [4.78, 5) is 23.0. The molecule has 4 heterocycles. The smallest absolute Gasteiger partial charge is 0.247 e. The Morgan fingerprint density at radius 3 is 2.93 bits per heavy atom. The predicted octanol–water partition coefficient (Wildman–Crippen LogP) is 2.70. The average molecular weight is 356 g/mol. The van der Waals surface area contributed by atoms with E-state index in [1.54, 1.807) is 18.5 Å². The number of fused-ring (bicyclic) bond motifs is 2. The molecule has 0 saturated carbocycles. The molecular weight excluding hydrogens is 340 g/mol. The van der Waals surface area contributed by atoms with E-state index in [-0.39, 0.29) is 5.56 Å². The van der Waals surface area contributed by atoms with Crippen LogP contribution in [0.25, 0.3) is 22.2 Å². The van der Waals surface area contributed by atoms with Crippen molar-refractivity contribution in [2.24, 2.45) is 12.0 Å². The fourth-order valence-electron chi connectivity index (χ4n) is 3.36. The van der Waals surface area contributed by atoms with E-state index in [4.69, 9.17) is 0 Å². The highest BCUT2D eigenvalue weighted by Gasteiger charge is 2.17. The SMILES string of the molecule is Cn1nc(-c2ccc(=O)[nH]c2)c2ccc(NC3=NCc4cccnc43)cc21. The Bertz CT molecular complexity index is 1250. The highest BCUT2D eigenvalue weighted by Crippen LogP contribution is 2.29. The second-order valence-corrected chi connectivity index (χ2v) is 6.45. The van der Waals surface area contributed by atoms with Crippen LogP contribution in [0.3, 0.4) is 0 Å². The van der Waals surface area contributed by atoms with E-state index in [1.165, 1.54) is 6.07 Å². The first-order chi connectivity index (χ1) is 13.2. The molecule has 0 saturated heterocycles. The molecule has 1 aromatic carbocycles. The summed E-state index contributed by atoms with van der Waals surface area (Å²) in [7, 11) is 1.91. The molecule has 7 heteroatoms. The fraction of sp³-hybridized carbons (Fsp3) is 0.100. The first-order valence-electron chi connectivity index (χ1n) is 8.61. The van der Waals surface area contributed by atoms with Crippen molar-refractivity contribution < 1.29 is 0 Å². The number of amidine groups is 1. The van der Waals surface area contributed by atoms with Crippen molar-refractivity contribution >= 4 is 22.4 Å². The Hall–Kier alpha value is -3.74. The highest BCUT2D eigenvalue weighted by molar-refractivity contribution is 6.10. The van der Waals surface area contributed by atoms with Gasteiger partial charge in [-0.2, -0.15) is 5.10 Å². The molecule has 0 fully saturated rings. The monoisotopic (exact) mass is 356 g/mol. The third-order valence-corrected chi connectivity index (χ3v) is 4.69. The molecule has 0 unspecified atom stereocenters. The molecule has 1 aliphatic rings. The molecule has 132 valence electrons. The normalized spacial score (nSPS) is 12.9. The van der Waals surface area contributed by atoms with Crippen molar-refractivity contribution in [3.63, 3.8) is 0 Å². The summed E-state index contributed by atoms with van der Waals surface area (Å²) in [6, 6.07) is 13.3. The lowest BCUT2D eigenvalue weighted by molar-refractivity contribution is 0.800. The highest BCUT2D eigenvalue weighted by atomic mass is 16.1. The van der Waals surface area contributed by atoms with Crippen LogP contribution >= 0.6 is 0 Å². The van der Waals surface area contributed by atoms with Crippen LogP contribution in [0, 0.1) is 0 Å². The third-order valence-electron chi connectivity index (χ3n) is 4.69. The Morgan fingerprint density at radius 1 is 1.15 bits per heavy atom. The molecule has 7 nitrogen and oxygen atoms in total. The van der Waals surface area contributed by atoms with Gasteiger partial charge in [0.25, 0.3) is 0 Å². The van der Waals surface area contributed by atoms with Crippen molar-refractivity contribution in [1.82, 2.24) is 19.7 Å². The number of pyridine rings is 2. The zero-order valence-electron chi connectivity index (χ0n) is 14.6. The van der Waals surface area contributed by atoms with E-state index in [1.807, 2.05) is 42.1 Å². The molecule has 0 bridgehead atoms. The first kappa shape index (κ1) is 15.5. The molecule has 0 aliphatic carbocycles. The summed E-state index contributed by atoms with van der Waals surface area (Å²) < 4.78 is 1.84. The lowest BCUT2D eigenvalue weighted by atomic mass is 10.1. The van der Waals surface area contributed by atoms with Gasteiger partial charge in [0.05, 0.1) is 12.1 Å². The number of rotatable bonds is 2. The first-order valence-corrected chi connectivity index (χ1v) is 8.61. The second kappa shape index (κ2) is 5.91. The van der Waals surface area contributed by atoms with E-state index in [0.717, 1.165) is 44.9 Å². The van der Waals surface area contributed by atoms with E-state index in [9.17, 15) is 4.79 Å². The standard InChI is InChI=1S/C20H16N6O/c1-26-16-9-14(24-20-19-12(11-23-20)3-2-8-21-19)5-6-15(16)18(25-26)13-4-7-17(27)22-10-13/h2-10H,11H2,1H3,(H,22,27)(H,23,24). The van der Waals surface area contributed by atoms with Crippen molar-refractivity contribution in [2.75, 3.05) is 5.32 Å². The maximum atomic E-state index is 11.3. The van der Waals surface area contributed by atoms with Crippen molar-refractivity contribution in [3.8, 4) is 11.3 Å². The molecule has 3 aromatic heterocycles. The maximum absolute atomic E-state index is 11.3. The maximum Gasteiger partial charge on any atom is 0.247 e. The van der Waals surface area contributed by atoms with Crippen molar-refractivity contribution in [3.05, 3.63) is 76.5 Å². The number of nitrogens with zero attached hydrogens (tertiary/aromatic N) is 4. The predicted molar refractivity (Wildman–Crippen MR) is 105 cm³/mol. The summed E-state index contributed by atoms with van der Waals surface area (Å²) in [5.74, 6) is 0.785. The van der Waals surface area contributed by atoms with Gasteiger partial charge in [-0.3, -0.25) is 19.5 Å². The Labute approximate surface area is 154 Å². The molecule has 0 radical (unpaired) electrons. The third kappa shape index (κ3) is 2.60. The van der Waals surface area contributed by atoms with Gasteiger partial charge < -0.3 is 10.3 Å². The largest absolute Gasteiger partial charge is 0.339 e. The molecular formula is C20H16N6O. The van der Waals surface area contributed by atoms with Crippen LogP contribution in [0.15, 0.2) is 64.6 Å². The molecule has 1 aliphatic heterocycles. The zero-order valence-corrected chi connectivity index (χ0v) is 14.6. The number of nitrogens with one attached hydrogen (secondary N) is 2. The minimum Gasteiger partial charge on any atom is -0.339 e. The summed E-state index contributed by atoms with van der Waals surface area (Å²) in [6.45, 7) is 0.649. The van der Waals surface area contributed by atoms with E-state index in [2.05, 4.69) is 25.4 Å². The Kier molecular flexibility index (Phi) is 3.39. The lowest BCUT2D eigenvalue weighted by Gasteiger charge is -2.07. The molecule has 27 heavy (non-hydrogen) atoms. The number of anilines is 1. The van der Waals surface area contributed by atoms with Gasteiger partial charge in [-0.15, -0.1) is 0 Å². The van der Waals surface area contributed by atoms with Gasteiger partial charge in [-0.25, -0.2) is 0 Å². The van der Waals surface area contributed by atoms with Crippen LogP contribution in [0.2, 0.25) is 0 Å². The Balaban J connectivity index is 1.53. The van der Waals surface area contributed by atoms with Gasteiger partial charge >= 0.3 is 0 Å². The minimum atomic E-state index is -0.128. The summed E-state index contributed by atoms with van der Waals surface area (Å²) in [5, 5.41) is 9.01. The van der Waals surface area contributed by atoms with Gasteiger partial charge in [0.1, 0.15) is 11.4 Å². The number of hydrogen-bond donors (Lipinski definition) is 2. The number of benzene rings is 1. The molecule has 0 atom stereocenters. The summed E-state index contributed by atoms with van der Waals surface area (Å²) >= 11 is 0. The van der Waals surface area contributed by atoms with Crippen LogP contribution in [-0.4, -0.2) is 25.6 Å². The fourth-order valence-corrected chi connectivity index (χ4v) is 3.36. The van der Waals surface area contributed by atoms with Gasteiger partial charge in [0, 0.05) is 47.7 Å².